The molecule has 8 nitrogen and oxygen atoms in total. The Bertz CT molecular complexity index is 750. The maximum absolute atomic E-state index is 12.6. The number of H-pyrrole nitrogens is 1. The van der Waals surface area contributed by atoms with Crippen molar-refractivity contribution >= 4 is 0 Å². The topological polar surface area (TPSA) is 132 Å². The van der Waals surface area contributed by atoms with Crippen LogP contribution >= 0.6 is 0 Å². The summed E-state index contributed by atoms with van der Waals surface area (Å²) in [5, 5.41) is 45.2. The predicted molar refractivity (Wildman–Crippen MR) is 79.5 cm³/mol. The van der Waals surface area contributed by atoms with E-state index in [-0.39, 0.29) is 11.6 Å². The first-order valence-corrected chi connectivity index (χ1v) is 7.63. The maximum atomic E-state index is 12.6. The van der Waals surface area contributed by atoms with Gasteiger partial charge >= 0.3 is 6.18 Å². The Balaban J connectivity index is 1.83. The van der Waals surface area contributed by atoms with Crippen molar-refractivity contribution in [3.8, 4) is 11.4 Å². The Morgan fingerprint density at radius 2 is 1.69 bits per heavy atom. The monoisotopic (exact) mass is 375 g/mol. The molecule has 1 aromatic carbocycles. The molecule has 11 heteroatoms. The fourth-order valence-corrected chi connectivity index (χ4v) is 2.67. The number of benzene rings is 1. The zero-order chi connectivity index (χ0) is 19.1. The summed E-state index contributed by atoms with van der Waals surface area (Å²) in [4.78, 5) is 4.07. The van der Waals surface area contributed by atoms with Crippen LogP contribution in [-0.2, 0) is 10.9 Å². The highest BCUT2D eigenvalue weighted by Crippen LogP contribution is 2.32. The van der Waals surface area contributed by atoms with Gasteiger partial charge < -0.3 is 25.2 Å². The van der Waals surface area contributed by atoms with Crippen LogP contribution in [-0.4, -0.2) is 66.6 Å². The summed E-state index contributed by atoms with van der Waals surface area (Å²) >= 11 is 0. The average Bonchev–Trinajstić information content (AvgIpc) is 3.09. The summed E-state index contributed by atoms with van der Waals surface area (Å²) in [7, 11) is 0. The van der Waals surface area contributed by atoms with Crippen LogP contribution < -0.4 is 0 Å². The minimum absolute atomic E-state index is 0.00296. The molecule has 1 aromatic heterocycles. The van der Waals surface area contributed by atoms with E-state index in [1.165, 1.54) is 12.1 Å². The first-order chi connectivity index (χ1) is 12.2. The molecule has 3 rings (SSSR count). The number of hydrogen-bond donors (Lipinski definition) is 5. The summed E-state index contributed by atoms with van der Waals surface area (Å²) in [6.07, 6.45) is -11.4. The SMILES string of the molecule is OC[C@H]1O[C@@H](c2nc(-c3ccc(C(F)(F)F)cc3)n[nH]2)[C@H](O)[C@@H](O)[C@@H]1O. The third-order valence-corrected chi connectivity index (χ3v) is 4.13. The van der Waals surface area contributed by atoms with Gasteiger partial charge in [0.15, 0.2) is 11.6 Å². The molecular formula is C15H16F3N3O5. The molecule has 5 N–H and O–H groups in total. The van der Waals surface area contributed by atoms with E-state index in [2.05, 4.69) is 15.2 Å². The zero-order valence-corrected chi connectivity index (χ0v) is 13.1. The number of rotatable bonds is 3. The normalized spacial score (nSPS) is 29.7. The van der Waals surface area contributed by atoms with Crippen LogP contribution in [0.4, 0.5) is 13.2 Å². The number of halogens is 3. The van der Waals surface area contributed by atoms with E-state index in [4.69, 9.17) is 4.74 Å². The van der Waals surface area contributed by atoms with E-state index in [0.717, 1.165) is 12.1 Å². The van der Waals surface area contributed by atoms with Crippen molar-refractivity contribution in [2.24, 2.45) is 0 Å². The van der Waals surface area contributed by atoms with Crippen LogP contribution in [0, 0.1) is 0 Å². The van der Waals surface area contributed by atoms with Gasteiger partial charge in [0.1, 0.15) is 30.5 Å². The molecule has 1 fully saturated rings. The van der Waals surface area contributed by atoms with Crippen LogP contribution in [0.5, 0.6) is 0 Å². The third kappa shape index (κ3) is 3.44. The summed E-state index contributed by atoms with van der Waals surface area (Å²) < 4.78 is 43.2. The second-order valence-corrected chi connectivity index (χ2v) is 5.87. The van der Waals surface area contributed by atoms with Crippen molar-refractivity contribution in [1.29, 1.82) is 0 Å². The average molecular weight is 375 g/mol. The van der Waals surface area contributed by atoms with E-state index in [1.54, 1.807) is 0 Å². The molecule has 0 unspecified atom stereocenters. The summed E-state index contributed by atoms with van der Waals surface area (Å²) in [5.74, 6) is 0.0579. The molecule has 2 heterocycles. The van der Waals surface area contributed by atoms with E-state index < -0.39 is 48.9 Å². The Labute approximate surface area is 144 Å². The quantitative estimate of drug-likeness (QED) is 0.510. The van der Waals surface area contributed by atoms with Gasteiger partial charge in [0.2, 0.25) is 0 Å². The van der Waals surface area contributed by atoms with E-state index in [0.29, 0.717) is 5.56 Å². The second kappa shape index (κ2) is 6.93. The molecule has 0 radical (unpaired) electrons. The number of hydrogen-bond acceptors (Lipinski definition) is 7. The van der Waals surface area contributed by atoms with Crippen molar-refractivity contribution in [2.45, 2.75) is 36.7 Å². The molecule has 5 atom stereocenters. The molecule has 1 aliphatic heterocycles. The number of alkyl halides is 3. The van der Waals surface area contributed by atoms with Gasteiger partial charge in [-0.1, -0.05) is 12.1 Å². The first-order valence-electron chi connectivity index (χ1n) is 7.63. The number of aliphatic hydroxyl groups excluding tert-OH is 4. The lowest BCUT2D eigenvalue weighted by atomic mass is 9.95. The molecule has 0 saturated carbocycles. The van der Waals surface area contributed by atoms with Crippen LogP contribution in [0.1, 0.15) is 17.5 Å². The van der Waals surface area contributed by atoms with Crippen LogP contribution in [0.2, 0.25) is 0 Å². The molecule has 0 spiro atoms. The lowest BCUT2D eigenvalue weighted by Gasteiger charge is -2.38. The molecule has 142 valence electrons. The summed E-state index contributed by atoms with van der Waals surface area (Å²) in [6, 6.07) is 4.17. The second-order valence-electron chi connectivity index (χ2n) is 5.87. The number of aromatic amines is 1. The third-order valence-electron chi connectivity index (χ3n) is 4.13. The lowest BCUT2D eigenvalue weighted by Crippen LogP contribution is -2.55. The van der Waals surface area contributed by atoms with Gasteiger partial charge in [-0.15, -0.1) is 0 Å². The minimum Gasteiger partial charge on any atom is -0.394 e. The minimum atomic E-state index is -4.46. The van der Waals surface area contributed by atoms with E-state index >= 15 is 0 Å². The van der Waals surface area contributed by atoms with Gasteiger partial charge in [0, 0.05) is 5.56 Å². The van der Waals surface area contributed by atoms with Gasteiger partial charge in [0.25, 0.3) is 0 Å². The molecule has 1 aliphatic rings. The van der Waals surface area contributed by atoms with Crippen molar-refractivity contribution in [1.82, 2.24) is 15.2 Å². The standard InChI is InChI=1S/C15H16F3N3O5/c16-15(17,18)7-3-1-6(2-4-7)13-19-14(21-20-13)12-11(25)10(24)9(23)8(5-22)26-12/h1-4,8-12,22-25H,5H2,(H,19,20,21)/t8-,9-,10+,11-,12-/m1/s1. The Kier molecular flexibility index (Phi) is 4.99. The van der Waals surface area contributed by atoms with Crippen molar-refractivity contribution in [3.05, 3.63) is 35.7 Å². The molecule has 0 bridgehead atoms. The fraction of sp³-hybridized carbons (Fsp3) is 0.467. The maximum Gasteiger partial charge on any atom is 0.416 e. The summed E-state index contributed by atoms with van der Waals surface area (Å²) in [6.45, 7) is -0.596. The Morgan fingerprint density at radius 3 is 2.27 bits per heavy atom. The molecule has 0 aliphatic carbocycles. The number of ether oxygens (including phenoxy) is 1. The highest BCUT2D eigenvalue weighted by atomic mass is 19.4. The first kappa shape index (κ1) is 18.7. The highest BCUT2D eigenvalue weighted by molar-refractivity contribution is 5.55. The summed E-state index contributed by atoms with van der Waals surface area (Å²) in [5.41, 5.74) is -0.518. The fourth-order valence-electron chi connectivity index (χ4n) is 2.67. The largest absolute Gasteiger partial charge is 0.416 e. The van der Waals surface area contributed by atoms with Gasteiger partial charge in [-0.2, -0.15) is 18.3 Å². The van der Waals surface area contributed by atoms with Crippen molar-refractivity contribution in [3.63, 3.8) is 0 Å². The molecule has 2 aromatic rings. The number of aliphatic hydroxyl groups is 4. The van der Waals surface area contributed by atoms with E-state index in [9.17, 15) is 33.6 Å². The zero-order valence-electron chi connectivity index (χ0n) is 13.1. The van der Waals surface area contributed by atoms with Gasteiger partial charge in [-0.25, -0.2) is 4.98 Å². The van der Waals surface area contributed by atoms with Crippen LogP contribution in [0.3, 0.4) is 0 Å². The molecular weight excluding hydrogens is 359 g/mol. The van der Waals surface area contributed by atoms with Gasteiger partial charge in [-0.05, 0) is 12.1 Å². The Hall–Kier alpha value is -2.05. The van der Waals surface area contributed by atoms with Gasteiger partial charge in [0.05, 0.1) is 12.2 Å². The molecule has 1 saturated heterocycles. The molecule has 0 amide bonds. The van der Waals surface area contributed by atoms with Crippen molar-refractivity contribution < 1.29 is 38.3 Å². The number of aromatic nitrogens is 3. The van der Waals surface area contributed by atoms with Crippen molar-refractivity contribution in [2.75, 3.05) is 6.61 Å². The predicted octanol–water partition coefficient (Wildman–Crippen LogP) is 0.00540. The smallest absolute Gasteiger partial charge is 0.394 e. The Morgan fingerprint density at radius 1 is 1.04 bits per heavy atom. The van der Waals surface area contributed by atoms with E-state index in [1.807, 2.05) is 0 Å². The van der Waals surface area contributed by atoms with Crippen LogP contribution in [0.25, 0.3) is 11.4 Å². The van der Waals surface area contributed by atoms with Crippen LogP contribution in [0.15, 0.2) is 24.3 Å². The van der Waals surface area contributed by atoms with Gasteiger partial charge in [-0.3, -0.25) is 5.10 Å². The molecule has 26 heavy (non-hydrogen) atoms. The number of nitrogens with zero attached hydrogens (tertiary/aromatic N) is 2. The number of nitrogens with one attached hydrogen (secondary N) is 1. The highest BCUT2D eigenvalue weighted by Gasteiger charge is 2.45. The lowest BCUT2D eigenvalue weighted by molar-refractivity contribution is -0.233.